The number of imidazole rings is 1. The van der Waals surface area contributed by atoms with Gasteiger partial charge in [-0.2, -0.15) is 13.2 Å². The molecular weight excluding hydrogens is 516 g/mol. The number of halogens is 5. The van der Waals surface area contributed by atoms with Gasteiger partial charge >= 0.3 is 17.8 Å². The number of aromatic nitrogens is 2. The van der Waals surface area contributed by atoms with Crippen molar-refractivity contribution in [2.45, 2.75) is 32.4 Å². The quantitative estimate of drug-likeness (QED) is 0.313. The lowest BCUT2D eigenvalue weighted by Crippen LogP contribution is -2.31. The van der Waals surface area contributed by atoms with Crippen LogP contribution in [0.25, 0.3) is 16.7 Å². The number of carboxylic acid groups (broad SMARTS) is 1. The Kier molecular flexibility index (Phi) is 6.28. The summed E-state index contributed by atoms with van der Waals surface area (Å²) >= 11 is 5.99. The molecule has 192 valence electrons. The molecule has 11 heteroatoms. The van der Waals surface area contributed by atoms with Gasteiger partial charge in [-0.1, -0.05) is 50.6 Å². The number of carboxylic acids is 1. The van der Waals surface area contributed by atoms with Crippen LogP contribution in [0.15, 0.2) is 59.4 Å². The van der Waals surface area contributed by atoms with Crippen molar-refractivity contribution in [3.8, 4) is 5.69 Å². The maximum absolute atomic E-state index is 15.9. The molecule has 0 unspecified atom stereocenters. The van der Waals surface area contributed by atoms with Crippen LogP contribution >= 0.6 is 11.6 Å². The molecule has 0 saturated carbocycles. The van der Waals surface area contributed by atoms with Crippen molar-refractivity contribution in [1.29, 1.82) is 0 Å². The summed E-state index contributed by atoms with van der Waals surface area (Å²) in [6.07, 6.45) is -4.95. The number of rotatable bonds is 3. The van der Waals surface area contributed by atoms with E-state index in [1.807, 2.05) is 0 Å². The van der Waals surface area contributed by atoms with Crippen molar-refractivity contribution < 1.29 is 32.3 Å². The highest BCUT2D eigenvalue weighted by molar-refractivity contribution is 6.34. The third kappa shape index (κ3) is 4.31. The largest absolute Gasteiger partial charge is 0.478 e. The van der Waals surface area contributed by atoms with Crippen LogP contribution in [0.1, 0.15) is 52.6 Å². The van der Waals surface area contributed by atoms with E-state index in [4.69, 9.17) is 11.6 Å². The lowest BCUT2D eigenvalue weighted by molar-refractivity contribution is -0.137. The third-order valence-electron chi connectivity index (χ3n) is 5.82. The fourth-order valence-electron chi connectivity index (χ4n) is 4.32. The van der Waals surface area contributed by atoms with Gasteiger partial charge in [0.2, 0.25) is 0 Å². The first-order valence-corrected chi connectivity index (χ1v) is 11.2. The number of alkyl halides is 3. The van der Waals surface area contributed by atoms with E-state index >= 15 is 4.39 Å². The molecule has 0 bridgehead atoms. The van der Waals surface area contributed by atoms with Crippen molar-refractivity contribution in [3.63, 3.8) is 0 Å². The monoisotopic (exact) mass is 534 g/mol. The summed E-state index contributed by atoms with van der Waals surface area (Å²) < 4.78 is 58.3. The lowest BCUT2D eigenvalue weighted by atomic mass is 9.83. The van der Waals surface area contributed by atoms with Gasteiger partial charge in [-0.15, -0.1) is 0 Å². The molecule has 0 aliphatic rings. The minimum absolute atomic E-state index is 0.0169. The van der Waals surface area contributed by atoms with Gasteiger partial charge < -0.3 is 5.11 Å². The smallest absolute Gasteiger partial charge is 0.417 e. The maximum atomic E-state index is 15.9. The Morgan fingerprint density at radius 3 is 2.11 bits per heavy atom. The van der Waals surface area contributed by atoms with E-state index in [2.05, 4.69) is 0 Å². The van der Waals surface area contributed by atoms with E-state index in [9.17, 15) is 32.7 Å². The molecule has 0 aliphatic carbocycles. The van der Waals surface area contributed by atoms with E-state index in [1.165, 1.54) is 24.3 Å². The van der Waals surface area contributed by atoms with Gasteiger partial charge in [0.1, 0.15) is 0 Å². The average molecular weight is 535 g/mol. The first kappa shape index (κ1) is 26.2. The van der Waals surface area contributed by atoms with Crippen molar-refractivity contribution >= 4 is 34.5 Å². The van der Waals surface area contributed by atoms with Crippen molar-refractivity contribution in [1.82, 2.24) is 9.13 Å². The lowest BCUT2D eigenvalue weighted by Gasteiger charge is -2.23. The number of aromatic carboxylic acids is 1. The van der Waals surface area contributed by atoms with Gasteiger partial charge in [0, 0.05) is 5.56 Å². The van der Waals surface area contributed by atoms with Gasteiger partial charge in [-0.25, -0.2) is 18.5 Å². The van der Waals surface area contributed by atoms with Crippen LogP contribution in [0.4, 0.5) is 17.6 Å². The predicted molar refractivity (Wildman–Crippen MR) is 129 cm³/mol. The van der Waals surface area contributed by atoms with E-state index in [0.29, 0.717) is 10.6 Å². The van der Waals surface area contributed by atoms with Gasteiger partial charge in [-0.3, -0.25) is 9.36 Å². The Hall–Kier alpha value is -3.92. The Labute approximate surface area is 212 Å². The van der Waals surface area contributed by atoms with E-state index in [1.54, 1.807) is 20.8 Å². The molecule has 0 fully saturated rings. The topological polar surface area (TPSA) is 81.3 Å². The summed E-state index contributed by atoms with van der Waals surface area (Å²) in [7, 11) is 0. The SMILES string of the molecule is CC(C)(C)c1c(C(=O)O)ccc(-n2c(=O)n(C(=O)c3c(Cl)cccc3C(F)(F)F)c3ccccc32)c1F. The fraction of sp³-hybridized carbons (Fsp3) is 0.192. The number of nitrogens with zero attached hydrogens (tertiary/aromatic N) is 2. The molecule has 4 aromatic rings. The summed E-state index contributed by atoms with van der Waals surface area (Å²) in [5, 5.41) is 9.06. The molecule has 6 nitrogen and oxygen atoms in total. The van der Waals surface area contributed by atoms with Crippen LogP contribution in [0.2, 0.25) is 5.02 Å². The van der Waals surface area contributed by atoms with E-state index in [-0.39, 0.29) is 27.8 Å². The average Bonchev–Trinajstić information content (AvgIpc) is 3.08. The number of para-hydroxylation sites is 2. The molecular formula is C26H19ClF4N2O4. The standard InChI is InChI=1S/C26H19ClF4N2O4/c1-25(2,3)20-13(23(35)36)11-12-18(21(20)28)32-16-9-4-5-10-17(16)33(24(32)37)22(34)19-14(26(29,30)31)7-6-8-15(19)27/h4-12H,1-3H3,(H,35,36). The zero-order valence-electron chi connectivity index (χ0n) is 19.7. The highest BCUT2D eigenvalue weighted by atomic mass is 35.5. The van der Waals surface area contributed by atoms with Crippen LogP contribution in [0.3, 0.4) is 0 Å². The number of fused-ring (bicyclic) bond motifs is 1. The molecule has 1 N–H and O–H groups in total. The number of benzene rings is 3. The van der Waals surface area contributed by atoms with Gasteiger partial charge in [0.15, 0.2) is 5.82 Å². The van der Waals surface area contributed by atoms with Crippen LogP contribution in [0, 0.1) is 5.82 Å². The van der Waals surface area contributed by atoms with Crippen LogP contribution < -0.4 is 5.69 Å². The number of hydrogen-bond acceptors (Lipinski definition) is 3. The Morgan fingerprint density at radius 2 is 1.54 bits per heavy atom. The summed E-state index contributed by atoms with van der Waals surface area (Å²) in [5.74, 6) is -3.74. The zero-order chi connectivity index (χ0) is 27.4. The molecule has 4 rings (SSSR count). The minimum atomic E-state index is -4.95. The van der Waals surface area contributed by atoms with Gasteiger partial charge in [0.25, 0.3) is 5.91 Å². The molecule has 0 radical (unpaired) electrons. The maximum Gasteiger partial charge on any atom is 0.417 e. The molecule has 0 atom stereocenters. The highest BCUT2D eigenvalue weighted by Crippen LogP contribution is 2.36. The fourth-order valence-corrected chi connectivity index (χ4v) is 4.57. The molecule has 0 saturated heterocycles. The summed E-state index contributed by atoms with van der Waals surface area (Å²) in [4.78, 5) is 38.8. The summed E-state index contributed by atoms with van der Waals surface area (Å²) in [5.41, 5.74) is -5.35. The van der Waals surface area contributed by atoms with Crippen LogP contribution in [-0.2, 0) is 11.6 Å². The third-order valence-corrected chi connectivity index (χ3v) is 6.14. The van der Waals surface area contributed by atoms with Crippen LogP contribution in [0.5, 0.6) is 0 Å². The van der Waals surface area contributed by atoms with Crippen LogP contribution in [-0.4, -0.2) is 26.1 Å². The molecule has 3 aromatic carbocycles. The molecule has 37 heavy (non-hydrogen) atoms. The van der Waals surface area contributed by atoms with Crippen molar-refractivity contribution in [2.24, 2.45) is 0 Å². The first-order valence-electron chi connectivity index (χ1n) is 10.9. The normalized spacial score (nSPS) is 12.2. The summed E-state index contributed by atoms with van der Waals surface area (Å²) in [6, 6.07) is 10.7. The Bertz CT molecular complexity index is 1650. The second kappa shape index (κ2) is 8.88. The van der Waals surface area contributed by atoms with Gasteiger partial charge in [0.05, 0.1) is 38.4 Å². The molecule has 0 amide bonds. The number of carbonyl (C=O) groups excluding carboxylic acids is 1. The molecule has 0 aliphatic heterocycles. The molecule has 1 aromatic heterocycles. The summed E-state index contributed by atoms with van der Waals surface area (Å²) in [6.45, 7) is 4.77. The Balaban J connectivity index is 2.08. The highest BCUT2D eigenvalue weighted by Gasteiger charge is 2.38. The zero-order valence-corrected chi connectivity index (χ0v) is 20.4. The number of carbonyl (C=O) groups is 2. The van der Waals surface area contributed by atoms with Crippen molar-refractivity contribution in [2.75, 3.05) is 0 Å². The molecule has 0 spiro atoms. The van der Waals surface area contributed by atoms with E-state index < -0.39 is 51.1 Å². The Morgan fingerprint density at radius 1 is 0.919 bits per heavy atom. The first-order chi connectivity index (χ1) is 17.2. The second-order valence-electron chi connectivity index (χ2n) is 9.28. The minimum Gasteiger partial charge on any atom is -0.478 e. The second-order valence-corrected chi connectivity index (χ2v) is 9.69. The predicted octanol–water partition coefficient (Wildman–Crippen LogP) is 6.29. The van der Waals surface area contributed by atoms with E-state index in [0.717, 1.165) is 28.8 Å². The molecule has 1 heterocycles. The van der Waals surface area contributed by atoms with Gasteiger partial charge in [-0.05, 0) is 41.8 Å². The van der Waals surface area contributed by atoms with Crippen molar-refractivity contribution in [3.05, 3.63) is 98.2 Å². The number of hydrogen-bond donors (Lipinski definition) is 1.